The maximum absolute atomic E-state index is 12.8. The minimum Gasteiger partial charge on any atom is -0.508 e. The minimum absolute atomic E-state index is 0.0115. The summed E-state index contributed by atoms with van der Waals surface area (Å²) >= 11 is 6.38. The summed E-state index contributed by atoms with van der Waals surface area (Å²) in [6.07, 6.45) is 1.70. The lowest BCUT2D eigenvalue weighted by molar-refractivity contribution is -0.129. The van der Waals surface area contributed by atoms with Crippen molar-refractivity contribution in [3.05, 3.63) is 64.6 Å². The maximum Gasteiger partial charge on any atom is 0.337 e. The molecule has 0 aromatic heterocycles. The number of thioether (sulfide) groups is 1. The molecular formula is C20H16N2O5S2. The Hall–Kier alpha value is -3.17. The predicted octanol–water partition coefficient (Wildman–Crippen LogP) is 3.32. The van der Waals surface area contributed by atoms with Crippen LogP contribution in [0.3, 0.4) is 0 Å². The lowest BCUT2D eigenvalue weighted by Gasteiger charge is -2.22. The highest BCUT2D eigenvalue weighted by Crippen LogP contribution is 2.34. The average molecular weight is 428 g/mol. The van der Waals surface area contributed by atoms with Crippen molar-refractivity contribution < 1.29 is 24.6 Å². The lowest BCUT2D eigenvalue weighted by Crippen LogP contribution is -2.44. The van der Waals surface area contributed by atoms with E-state index in [0.717, 1.165) is 23.4 Å². The first-order valence-electron chi connectivity index (χ1n) is 8.47. The first-order valence-corrected chi connectivity index (χ1v) is 9.69. The van der Waals surface area contributed by atoms with Crippen LogP contribution >= 0.6 is 24.0 Å². The smallest absolute Gasteiger partial charge is 0.337 e. The topological polar surface area (TPSA) is 107 Å². The second kappa shape index (κ2) is 8.46. The van der Waals surface area contributed by atoms with Crippen LogP contribution < -0.4 is 5.32 Å². The van der Waals surface area contributed by atoms with Crippen LogP contribution in [-0.4, -0.2) is 43.3 Å². The van der Waals surface area contributed by atoms with E-state index in [9.17, 15) is 24.6 Å². The molecule has 2 aromatic rings. The number of carbonyl (C=O) groups is 3. The highest BCUT2D eigenvalue weighted by Gasteiger charge is 2.38. The summed E-state index contributed by atoms with van der Waals surface area (Å²) in [6, 6.07) is 11.9. The molecule has 0 bridgehead atoms. The molecule has 1 fully saturated rings. The number of aromatic carboxylic acids is 1. The molecule has 29 heavy (non-hydrogen) atoms. The molecule has 1 saturated heterocycles. The van der Waals surface area contributed by atoms with Crippen LogP contribution in [0.25, 0.3) is 6.08 Å². The van der Waals surface area contributed by atoms with Crippen LogP contribution in [0.15, 0.2) is 53.4 Å². The number of phenols is 1. The van der Waals surface area contributed by atoms with Crippen LogP contribution in [-0.2, 0) is 9.59 Å². The average Bonchev–Trinajstić information content (AvgIpc) is 2.96. The molecule has 9 heteroatoms. The molecule has 0 aliphatic carbocycles. The van der Waals surface area contributed by atoms with E-state index >= 15 is 0 Å². The number of carbonyl (C=O) groups excluding carboxylic acids is 2. The number of hydrogen-bond acceptors (Lipinski definition) is 6. The highest BCUT2D eigenvalue weighted by molar-refractivity contribution is 8.26. The van der Waals surface area contributed by atoms with E-state index in [1.54, 1.807) is 6.08 Å². The quantitative estimate of drug-likeness (QED) is 0.381. The number of thiocarbonyl (C=S) groups is 1. The third kappa shape index (κ3) is 4.47. The summed E-state index contributed by atoms with van der Waals surface area (Å²) in [6.45, 7) is 1.51. The fraction of sp³-hybridized carbons (Fsp3) is 0.100. The molecule has 1 aliphatic rings. The third-order valence-electron chi connectivity index (χ3n) is 4.18. The first kappa shape index (κ1) is 20.6. The third-order valence-corrected chi connectivity index (χ3v) is 5.51. The van der Waals surface area contributed by atoms with Crippen molar-refractivity contribution in [1.29, 1.82) is 0 Å². The van der Waals surface area contributed by atoms with Gasteiger partial charge < -0.3 is 15.5 Å². The van der Waals surface area contributed by atoms with Crippen molar-refractivity contribution in [2.45, 2.75) is 13.0 Å². The summed E-state index contributed by atoms with van der Waals surface area (Å²) < 4.78 is 0.240. The first-order chi connectivity index (χ1) is 13.8. The van der Waals surface area contributed by atoms with Gasteiger partial charge in [-0.25, -0.2) is 4.79 Å². The summed E-state index contributed by atoms with van der Waals surface area (Å²) in [7, 11) is 0. The van der Waals surface area contributed by atoms with E-state index in [2.05, 4.69) is 5.32 Å². The number of benzene rings is 2. The Morgan fingerprint density at radius 2 is 1.90 bits per heavy atom. The number of amides is 2. The van der Waals surface area contributed by atoms with Crippen LogP contribution in [0, 0.1) is 0 Å². The van der Waals surface area contributed by atoms with E-state index in [1.165, 1.54) is 24.0 Å². The molecule has 2 aromatic carbocycles. The zero-order chi connectivity index (χ0) is 21.1. The Morgan fingerprint density at radius 1 is 1.21 bits per heavy atom. The number of nitrogens with one attached hydrogen (secondary N) is 1. The van der Waals surface area contributed by atoms with Gasteiger partial charge in [-0.1, -0.05) is 54.3 Å². The van der Waals surface area contributed by atoms with Gasteiger partial charge >= 0.3 is 5.97 Å². The summed E-state index contributed by atoms with van der Waals surface area (Å²) in [5.74, 6) is -2.54. The molecule has 3 N–H and O–H groups in total. The normalized spacial score (nSPS) is 16.2. The van der Waals surface area contributed by atoms with E-state index in [4.69, 9.17) is 12.2 Å². The van der Waals surface area contributed by atoms with Gasteiger partial charge in [0.1, 0.15) is 16.1 Å². The minimum atomic E-state index is -1.31. The Balaban J connectivity index is 1.80. The number of aromatic hydroxyl groups is 1. The standard InChI is InChI=1S/C20H16N2O5S2/c1-11(17(24)21-15-8-7-13(23)10-14(15)19(26)27)22-18(25)16(29-20(22)28)9-12-5-3-2-4-6-12/h2-11,23H,1H3,(H,21,24)(H,26,27). The second-order valence-electron chi connectivity index (χ2n) is 6.16. The molecule has 1 atom stereocenters. The van der Waals surface area contributed by atoms with Crippen molar-refractivity contribution in [2.75, 3.05) is 5.32 Å². The van der Waals surface area contributed by atoms with Crippen LogP contribution in [0.4, 0.5) is 5.69 Å². The molecule has 148 valence electrons. The van der Waals surface area contributed by atoms with Crippen LogP contribution in [0.1, 0.15) is 22.8 Å². The van der Waals surface area contributed by atoms with Gasteiger partial charge in [-0.05, 0) is 36.8 Å². The molecule has 0 radical (unpaired) electrons. The molecule has 0 saturated carbocycles. The molecule has 2 amide bonds. The van der Waals surface area contributed by atoms with Crippen molar-refractivity contribution in [3.63, 3.8) is 0 Å². The molecule has 0 spiro atoms. The van der Waals surface area contributed by atoms with Gasteiger partial charge in [0.05, 0.1) is 16.2 Å². The Kier molecular flexibility index (Phi) is 6.00. The van der Waals surface area contributed by atoms with Crippen LogP contribution in [0.5, 0.6) is 5.75 Å². The Labute approximate surface area is 176 Å². The Morgan fingerprint density at radius 3 is 2.55 bits per heavy atom. The van der Waals surface area contributed by atoms with Crippen molar-refractivity contribution >= 4 is 57.8 Å². The number of anilines is 1. The number of rotatable bonds is 5. The molecule has 3 rings (SSSR count). The molecule has 7 nitrogen and oxygen atoms in total. The van der Waals surface area contributed by atoms with Gasteiger partial charge in [0.15, 0.2) is 0 Å². The summed E-state index contributed by atoms with van der Waals surface area (Å²) in [5.41, 5.74) is 0.581. The Bertz CT molecular complexity index is 1040. The van der Waals surface area contributed by atoms with Crippen molar-refractivity contribution in [1.82, 2.24) is 4.90 Å². The lowest BCUT2D eigenvalue weighted by atomic mass is 10.1. The molecule has 1 heterocycles. The zero-order valence-corrected chi connectivity index (χ0v) is 16.8. The predicted molar refractivity (Wildman–Crippen MR) is 115 cm³/mol. The van der Waals surface area contributed by atoms with Gasteiger partial charge in [-0.3, -0.25) is 14.5 Å². The van der Waals surface area contributed by atoms with Crippen molar-refractivity contribution in [2.24, 2.45) is 0 Å². The second-order valence-corrected chi connectivity index (χ2v) is 7.84. The monoisotopic (exact) mass is 428 g/mol. The fourth-order valence-electron chi connectivity index (χ4n) is 2.69. The summed E-state index contributed by atoms with van der Waals surface area (Å²) in [5, 5.41) is 21.2. The van der Waals surface area contributed by atoms with Gasteiger partial charge in [0.25, 0.3) is 5.91 Å². The molecule has 1 aliphatic heterocycles. The van der Waals surface area contributed by atoms with E-state index in [1.807, 2.05) is 30.3 Å². The number of carboxylic acid groups (broad SMARTS) is 1. The number of phenolic OH excluding ortho intramolecular Hbond substituents is 1. The van der Waals surface area contributed by atoms with Gasteiger partial charge in [-0.2, -0.15) is 0 Å². The molecular weight excluding hydrogens is 412 g/mol. The van der Waals surface area contributed by atoms with E-state index in [0.29, 0.717) is 4.91 Å². The molecule has 1 unspecified atom stereocenters. The SMILES string of the molecule is CC(C(=O)Nc1ccc(O)cc1C(=O)O)N1C(=O)C(=Cc2ccccc2)SC1=S. The number of nitrogens with zero attached hydrogens (tertiary/aromatic N) is 1. The van der Waals surface area contributed by atoms with Crippen molar-refractivity contribution in [3.8, 4) is 5.75 Å². The number of hydrogen-bond donors (Lipinski definition) is 3. The van der Waals surface area contributed by atoms with Gasteiger partial charge in [0.2, 0.25) is 5.91 Å². The number of carboxylic acids is 1. The van der Waals surface area contributed by atoms with Gasteiger partial charge in [-0.15, -0.1) is 0 Å². The zero-order valence-electron chi connectivity index (χ0n) is 15.2. The van der Waals surface area contributed by atoms with Crippen LogP contribution in [0.2, 0.25) is 0 Å². The van der Waals surface area contributed by atoms with Gasteiger partial charge in [0, 0.05) is 0 Å². The van der Waals surface area contributed by atoms with E-state index < -0.39 is 23.8 Å². The summed E-state index contributed by atoms with van der Waals surface area (Å²) in [4.78, 5) is 38.4. The highest BCUT2D eigenvalue weighted by atomic mass is 32.2. The fourth-order valence-corrected chi connectivity index (χ4v) is 4.11. The maximum atomic E-state index is 12.8. The largest absolute Gasteiger partial charge is 0.508 e. The van der Waals surface area contributed by atoms with E-state index in [-0.39, 0.29) is 21.3 Å².